The van der Waals surface area contributed by atoms with Crippen LogP contribution in [0.2, 0.25) is 0 Å². The molecule has 2 heterocycles. The molecule has 12 rings (SSSR count). The first-order valence-corrected chi connectivity index (χ1v) is 21.6. The third-order valence-electron chi connectivity index (χ3n) is 13.5. The van der Waals surface area contributed by atoms with Gasteiger partial charge in [-0.05, 0) is 117 Å². The summed E-state index contributed by atoms with van der Waals surface area (Å²) in [6, 6.07) is 73.7. The monoisotopic (exact) mass is 801 g/mol. The predicted molar refractivity (Wildman–Crippen MR) is 260 cm³/mol. The normalized spacial score (nSPS) is 12.7. The number of fused-ring (bicyclic) bond motifs is 9. The van der Waals surface area contributed by atoms with Gasteiger partial charge in [0.05, 0.1) is 39.5 Å². The Morgan fingerprint density at radius 3 is 1.44 bits per heavy atom. The number of nitrogens with zero attached hydrogens (tertiary/aromatic N) is 3. The fourth-order valence-electron chi connectivity index (χ4n) is 10.8. The molecule has 0 radical (unpaired) electrons. The quantitative estimate of drug-likeness (QED) is 0.129. The molecule has 63 heavy (non-hydrogen) atoms. The molecule has 1 aliphatic carbocycles. The van der Waals surface area contributed by atoms with Crippen molar-refractivity contribution in [3.63, 3.8) is 0 Å². The van der Waals surface area contributed by atoms with E-state index in [4.69, 9.17) is 9.97 Å². The van der Waals surface area contributed by atoms with E-state index in [9.17, 15) is 5.26 Å². The Morgan fingerprint density at radius 2 is 0.857 bits per heavy atom. The van der Waals surface area contributed by atoms with Gasteiger partial charge in [0.25, 0.3) is 0 Å². The second-order valence-electron chi connectivity index (χ2n) is 16.8. The molecule has 0 amide bonds. The highest BCUT2D eigenvalue weighted by Gasteiger charge is 2.46. The molecule has 0 aliphatic heterocycles. The van der Waals surface area contributed by atoms with Crippen molar-refractivity contribution in [1.82, 2.24) is 9.97 Å². The Labute approximate surface area is 366 Å². The fraction of sp³-hybridized carbons (Fsp3) is 0.0500. The Kier molecular flexibility index (Phi) is 8.26. The smallest absolute Gasteiger partial charge is 0.0991 e. The zero-order valence-corrected chi connectivity index (χ0v) is 34.9. The van der Waals surface area contributed by atoms with Crippen LogP contribution >= 0.6 is 0 Å². The summed E-state index contributed by atoms with van der Waals surface area (Å²) in [4.78, 5) is 10.9. The van der Waals surface area contributed by atoms with Crippen molar-refractivity contribution >= 4 is 43.4 Å². The lowest BCUT2D eigenvalue weighted by Crippen LogP contribution is -2.28. The average Bonchev–Trinajstić information content (AvgIpc) is 3.65. The SMILES string of the molecule is Cc1c2c(-c3cccc(-c4ccc5c(c4)C(c4ccccc4)(c4ccccc4)c4cc(C#N)ccc4-5)c3)nc3ccccc3c2c(C)c2c(-c3ccccc3)nc3ccccc3c12. The minimum atomic E-state index is -0.629. The number of pyridine rings is 2. The summed E-state index contributed by atoms with van der Waals surface area (Å²) in [5.74, 6) is 0. The van der Waals surface area contributed by atoms with Gasteiger partial charge >= 0.3 is 0 Å². The molecule has 0 unspecified atom stereocenters. The van der Waals surface area contributed by atoms with E-state index < -0.39 is 5.41 Å². The average molecular weight is 802 g/mol. The van der Waals surface area contributed by atoms with Crippen molar-refractivity contribution in [1.29, 1.82) is 5.26 Å². The van der Waals surface area contributed by atoms with Gasteiger partial charge in [-0.15, -0.1) is 0 Å². The highest BCUT2D eigenvalue weighted by Crippen LogP contribution is 2.57. The van der Waals surface area contributed by atoms with Gasteiger partial charge < -0.3 is 0 Å². The molecule has 11 aromatic rings. The van der Waals surface area contributed by atoms with Crippen molar-refractivity contribution in [3.05, 3.63) is 239 Å². The zero-order valence-electron chi connectivity index (χ0n) is 34.9. The number of aryl methyl sites for hydroxylation is 2. The van der Waals surface area contributed by atoms with Gasteiger partial charge in [0.1, 0.15) is 0 Å². The van der Waals surface area contributed by atoms with Crippen molar-refractivity contribution < 1.29 is 0 Å². The first kappa shape index (κ1) is 36.6. The third kappa shape index (κ3) is 5.38. The van der Waals surface area contributed by atoms with Crippen molar-refractivity contribution in [2.24, 2.45) is 0 Å². The van der Waals surface area contributed by atoms with E-state index in [2.05, 4.69) is 214 Å². The van der Waals surface area contributed by atoms with E-state index in [1.54, 1.807) is 0 Å². The maximum atomic E-state index is 10.2. The van der Waals surface area contributed by atoms with Crippen LogP contribution in [0.1, 0.15) is 38.9 Å². The highest BCUT2D eigenvalue weighted by molar-refractivity contribution is 6.25. The van der Waals surface area contributed by atoms with Crippen LogP contribution in [-0.4, -0.2) is 9.97 Å². The summed E-state index contributed by atoms with van der Waals surface area (Å²) >= 11 is 0. The Morgan fingerprint density at radius 1 is 0.397 bits per heavy atom. The van der Waals surface area contributed by atoms with Crippen LogP contribution in [0.3, 0.4) is 0 Å². The van der Waals surface area contributed by atoms with Crippen LogP contribution in [0, 0.1) is 25.2 Å². The number of nitriles is 1. The summed E-state index contributed by atoms with van der Waals surface area (Å²) in [5, 5.41) is 17.2. The molecule has 0 spiro atoms. The molecule has 0 N–H and O–H groups in total. The van der Waals surface area contributed by atoms with E-state index in [-0.39, 0.29) is 0 Å². The molecule has 9 aromatic carbocycles. The van der Waals surface area contributed by atoms with Gasteiger partial charge in [-0.25, -0.2) is 9.97 Å². The molecule has 2 aromatic heterocycles. The van der Waals surface area contributed by atoms with E-state index >= 15 is 0 Å². The minimum absolute atomic E-state index is 0.629. The number of benzene rings is 9. The van der Waals surface area contributed by atoms with Crippen LogP contribution < -0.4 is 0 Å². The number of para-hydroxylation sites is 2. The number of hydrogen-bond donors (Lipinski definition) is 0. The molecular formula is C60H39N3. The van der Waals surface area contributed by atoms with E-state index in [1.165, 1.54) is 49.5 Å². The fourth-order valence-corrected chi connectivity index (χ4v) is 10.8. The van der Waals surface area contributed by atoms with E-state index in [0.717, 1.165) is 72.0 Å². The predicted octanol–water partition coefficient (Wildman–Crippen LogP) is 14.9. The van der Waals surface area contributed by atoms with Crippen LogP contribution in [0.4, 0.5) is 0 Å². The van der Waals surface area contributed by atoms with Gasteiger partial charge in [0.15, 0.2) is 0 Å². The van der Waals surface area contributed by atoms with Gasteiger partial charge in [0, 0.05) is 32.7 Å². The molecule has 1 aliphatic rings. The molecule has 3 nitrogen and oxygen atoms in total. The van der Waals surface area contributed by atoms with E-state index in [1.807, 2.05) is 6.07 Å². The van der Waals surface area contributed by atoms with Gasteiger partial charge in [-0.3, -0.25) is 0 Å². The molecular weight excluding hydrogens is 763 g/mol. The summed E-state index contributed by atoms with van der Waals surface area (Å²) in [6.07, 6.45) is 0. The number of rotatable bonds is 5. The Hall–Kier alpha value is -8.19. The zero-order chi connectivity index (χ0) is 42.2. The summed E-state index contributed by atoms with van der Waals surface area (Å²) < 4.78 is 0. The molecule has 0 saturated heterocycles. The highest BCUT2D eigenvalue weighted by atomic mass is 14.7. The summed E-state index contributed by atoms with van der Waals surface area (Å²) in [7, 11) is 0. The Bertz CT molecular complexity index is 3660. The minimum Gasteiger partial charge on any atom is -0.247 e. The molecule has 294 valence electrons. The lowest BCUT2D eigenvalue weighted by Gasteiger charge is -2.34. The molecule has 3 heteroatoms. The largest absolute Gasteiger partial charge is 0.247 e. The molecule has 0 fully saturated rings. The van der Waals surface area contributed by atoms with Crippen molar-refractivity contribution in [3.8, 4) is 50.8 Å². The van der Waals surface area contributed by atoms with Crippen LogP contribution in [0.15, 0.2) is 200 Å². The van der Waals surface area contributed by atoms with Gasteiger partial charge in [-0.1, -0.05) is 164 Å². The maximum absolute atomic E-state index is 10.2. The molecule has 0 bridgehead atoms. The van der Waals surface area contributed by atoms with Crippen LogP contribution in [-0.2, 0) is 5.41 Å². The first-order valence-electron chi connectivity index (χ1n) is 21.6. The van der Waals surface area contributed by atoms with Gasteiger partial charge in [-0.2, -0.15) is 5.26 Å². The summed E-state index contributed by atoms with van der Waals surface area (Å²) in [5.41, 5.74) is 17.7. The lowest BCUT2D eigenvalue weighted by molar-refractivity contribution is 0.768. The van der Waals surface area contributed by atoms with Crippen molar-refractivity contribution in [2.45, 2.75) is 19.3 Å². The number of hydrogen-bond acceptors (Lipinski definition) is 3. The standard InChI is InChI=1S/C60H39N3/c1-37-55-49-26-13-15-28-53(49)63-59(57(55)38(2)54-48-25-12-14-27-52(48)62-58(56(37)54)40-17-6-3-7-18-40)43-20-16-19-41(34-43)42-30-32-47-46-31-29-39(36-61)33-50(46)60(51(47)35-42,44-21-8-4-9-22-44)45-23-10-5-11-24-45/h3-35H,1-2H3. The van der Waals surface area contributed by atoms with Crippen LogP contribution in [0.5, 0.6) is 0 Å². The molecule has 0 saturated carbocycles. The Balaban J connectivity index is 1.12. The second-order valence-corrected chi connectivity index (χ2v) is 16.8. The molecule has 0 atom stereocenters. The van der Waals surface area contributed by atoms with Crippen LogP contribution in [0.25, 0.3) is 88.1 Å². The lowest BCUT2D eigenvalue weighted by atomic mass is 9.67. The summed E-state index contributed by atoms with van der Waals surface area (Å²) in [6.45, 7) is 4.55. The topological polar surface area (TPSA) is 49.6 Å². The second kappa shape index (κ2) is 14.2. The maximum Gasteiger partial charge on any atom is 0.0991 e. The first-order chi connectivity index (χ1) is 31.0. The third-order valence-corrected chi connectivity index (χ3v) is 13.5. The van der Waals surface area contributed by atoms with Gasteiger partial charge in [0.2, 0.25) is 0 Å². The van der Waals surface area contributed by atoms with E-state index in [0.29, 0.717) is 5.56 Å². The van der Waals surface area contributed by atoms with Crippen molar-refractivity contribution in [2.75, 3.05) is 0 Å². The number of aromatic nitrogens is 2.